The number of rotatable bonds is 2. The highest BCUT2D eigenvalue weighted by Crippen LogP contribution is 2.39. The molecular formula is C18H18N4O2. The Morgan fingerprint density at radius 1 is 1.08 bits per heavy atom. The molecule has 1 aromatic carbocycles. The van der Waals surface area contributed by atoms with Crippen LogP contribution in [0.1, 0.15) is 26.3 Å². The van der Waals surface area contributed by atoms with Crippen LogP contribution in [0, 0.1) is 0 Å². The SMILES string of the molecule is CC(C)(C)c1ccnc(OC(N)=O)c1-c1ncnc2ccccc12. The molecule has 0 unspecified atom stereocenters. The number of hydrogen-bond acceptors (Lipinski definition) is 5. The van der Waals surface area contributed by atoms with Crippen molar-refractivity contribution in [2.24, 2.45) is 5.73 Å². The number of carbonyl (C=O) groups is 1. The van der Waals surface area contributed by atoms with E-state index in [2.05, 4.69) is 35.7 Å². The van der Waals surface area contributed by atoms with E-state index in [4.69, 9.17) is 10.5 Å². The average Bonchev–Trinajstić information content (AvgIpc) is 2.53. The molecule has 122 valence electrons. The first-order valence-electron chi connectivity index (χ1n) is 7.55. The number of para-hydroxylation sites is 1. The molecule has 0 saturated carbocycles. The summed E-state index contributed by atoms with van der Waals surface area (Å²) in [6.45, 7) is 6.22. The minimum Gasteiger partial charge on any atom is -0.391 e. The van der Waals surface area contributed by atoms with E-state index < -0.39 is 6.09 Å². The van der Waals surface area contributed by atoms with Crippen molar-refractivity contribution in [3.63, 3.8) is 0 Å². The molecule has 0 bridgehead atoms. The number of primary amides is 1. The van der Waals surface area contributed by atoms with Crippen molar-refractivity contribution in [2.45, 2.75) is 26.2 Å². The van der Waals surface area contributed by atoms with E-state index in [1.807, 2.05) is 30.3 Å². The first-order valence-corrected chi connectivity index (χ1v) is 7.55. The standard InChI is InChI=1S/C18H18N4O2/c1-18(2,3)12-8-9-20-16(24-17(19)23)14(12)15-11-6-4-5-7-13(11)21-10-22-15/h4-10H,1-3H3,(H2,19,23). The van der Waals surface area contributed by atoms with Crippen LogP contribution in [-0.2, 0) is 5.41 Å². The third kappa shape index (κ3) is 2.90. The number of carbonyl (C=O) groups excluding carboxylic acids is 1. The maximum atomic E-state index is 11.3. The molecule has 3 aromatic rings. The summed E-state index contributed by atoms with van der Waals surface area (Å²) in [6, 6.07) is 9.56. The number of pyridine rings is 1. The quantitative estimate of drug-likeness (QED) is 0.780. The van der Waals surface area contributed by atoms with Gasteiger partial charge in [-0.25, -0.2) is 19.7 Å². The number of nitrogens with two attached hydrogens (primary N) is 1. The van der Waals surface area contributed by atoms with Gasteiger partial charge in [0, 0.05) is 11.6 Å². The van der Waals surface area contributed by atoms with Crippen LogP contribution in [-0.4, -0.2) is 21.0 Å². The third-order valence-electron chi connectivity index (χ3n) is 3.70. The van der Waals surface area contributed by atoms with E-state index in [1.54, 1.807) is 6.20 Å². The van der Waals surface area contributed by atoms with Crippen LogP contribution in [0.3, 0.4) is 0 Å². The zero-order valence-electron chi connectivity index (χ0n) is 13.8. The number of nitrogens with zero attached hydrogens (tertiary/aromatic N) is 3. The summed E-state index contributed by atoms with van der Waals surface area (Å²) in [7, 11) is 0. The summed E-state index contributed by atoms with van der Waals surface area (Å²) < 4.78 is 5.15. The Hall–Kier alpha value is -3.02. The normalized spacial score (nSPS) is 11.5. The Kier molecular flexibility index (Phi) is 3.89. The molecule has 2 heterocycles. The molecule has 0 saturated heterocycles. The van der Waals surface area contributed by atoms with Crippen LogP contribution in [0.15, 0.2) is 42.9 Å². The summed E-state index contributed by atoms with van der Waals surface area (Å²) in [5, 5.41) is 0.854. The van der Waals surface area contributed by atoms with E-state index in [1.165, 1.54) is 6.33 Å². The number of benzene rings is 1. The van der Waals surface area contributed by atoms with E-state index in [-0.39, 0.29) is 11.3 Å². The molecule has 1 amide bonds. The van der Waals surface area contributed by atoms with E-state index in [9.17, 15) is 4.79 Å². The predicted octanol–water partition coefficient (Wildman–Crippen LogP) is 3.45. The maximum absolute atomic E-state index is 11.3. The topological polar surface area (TPSA) is 91.0 Å². The lowest BCUT2D eigenvalue weighted by molar-refractivity contribution is 0.209. The van der Waals surface area contributed by atoms with Gasteiger partial charge < -0.3 is 10.5 Å². The average molecular weight is 322 g/mol. The minimum atomic E-state index is -0.909. The van der Waals surface area contributed by atoms with Gasteiger partial charge in [-0.1, -0.05) is 39.0 Å². The Morgan fingerprint density at radius 2 is 1.83 bits per heavy atom. The zero-order chi connectivity index (χ0) is 17.3. The lowest BCUT2D eigenvalue weighted by Crippen LogP contribution is -2.20. The number of ether oxygens (including phenoxy) is 1. The van der Waals surface area contributed by atoms with Crippen molar-refractivity contribution in [1.82, 2.24) is 15.0 Å². The van der Waals surface area contributed by atoms with Crippen LogP contribution in [0.5, 0.6) is 5.88 Å². The Morgan fingerprint density at radius 3 is 2.54 bits per heavy atom. The number of hydrogen-bond donors (Lipinski definition) is 1. The van der Waals surface area contributed by atoms with Gasteiger partial charge in [0.2, 0.25) is 5.88 Å². The minimum absolute atomic E-state index is 0.152. The van der Waals surface area contributed by atoms with Gasteiger partial charge in [0.15, 0.2) is 0 Å². The van der Waals surface area contributed by atoms with Crippen molar-refractivity contribution in [3.8, 4) is 17.1 Å². The highest BCUT2D eigenvalue weighted by molar-refractivity contribution is 5.94. The molecule has 3 rings (SSSR count). The monoisotopic (exact) mass is 322 g/mol. The molecular weight excluding hydrogens is 304 g/mol. The molecule has 24 heavy (non-hydrogen) atoms. The van der Waals surface area contributed by atoms with Gasteiger partial charge in [-0.3, -0.25) is 0 Å². The van der Waals surface area contributed by atoms with Crippen LogP contribution >= 0.6 is 0 Å². The summed E-state index contributed by atoms with van der Waals surface area (Å²) in [6.07, 6.45) is 2.19. The largest absolute Gasteiger partial charge is 0.411 e. The van der Waals surface area contributed by atoms with E-state index in [0.29, 0.717) is 11.3 Å². The molecule has 2 aromatic heterocycles. The van der Waals surface area contributed by atoms with Gasteiger partial charge >= 0.3 is 6.09 Å². The fourth-order valence-electron chi connectivity index (χ4n) is 2.67. The van der Waals surface area contributed by atoms with Crippen LogP contribution in [0.25, 0.3) is 22.2 Å². The van der Waals surface area contributed by atoms with E-state index in [0.717, 1.165) is 16.5 Å². The van der Waals surface area contributed by atoms with Gasteiger partial charge in [0.05, 0.1) is 16.8 Å². The number of fused-ring (bicyclic) bond motifs is 1. The Balaban J connectivity index is 2.38. The van der Waals surface area contributed by atoms with Crippen molar-refractivity contribution in [3.05, 3.63) is 48.4 Å². The highest BCUT2D eigenvalue weighted by Gasteiger charge is 2.25. The first-order chi connectivity index (χ1) is 11.4. The van der Waals surface area contributed by atoms with Crippen molar-refractivity contribution in [1.29, 1.82) is 0 Å². The van der Waals surface area contributed by atoms with Gasteiger partial charge in [-0.15, -0.1) is 0 Å². The fourth-order valence-corrected chi connectivity index (χ4v) is 2.67. The third-order valence-corrected chi connectivity index (χ3v) is 3.70. The molecule has 0 aliphatic rings. The molecule has 6 nitrogen and oxygen atoms in total. The predicted molar refractivity (Wildman–Crippen MR) is 91.7 cm³/mol. The summed E-state index contributed by atoms with van der Waals surface area (Å²) in [5.74, 6) is 0.152. The number of aromatic nitrogens is 3. The molecule has 0 atom stereocenters. The Labute approximate surface area is 139 Å². The van der Waals surface area contributed by atoms with Gasteiger partial charge in [0.25, 0.3) is 0 Å². The second-order valence-electron chi connectivity index (χ2n) is 6.45. The smallest absolute Gasteiger partial charge is 0.391 e. The van der Waals surface area contributed by atoms with Gasteiger partial charge in [-0.05, 0) is 23.1 Å². The molecule has 0 radical (unpaired) electrons. The van der Waals surface area contributed by atoms with Gasteiger partial charge in [-0.2, -0.15) is 0 Å². The lowest BCUT2D eigenvalue weighted by atomic mass is 9.83. The molecule has 6 heteroatoms. The van der Waals surface area contributed by atoms with Crippen molar-refractivity contribution in [2.75, 3.05) is 0 Å². The zero-order valence-corrected chi connectivity index (χ0v) is 13.8. The first kappa shape index (κ1) is 15.9. The fraction of sp³-hybridized carbons (Fsp3) is 0.222. The van der Waals surface area contributed by atoms with Crippen molar-refractivity contribution >= 4 is 17.0 Å². The van der Waals surface area contributed by atoms with Crippen LogP contribution in [0.4, 0.5) is 4.79 Å². The van der Waals surface area contributed by atoms with Crippen LogP contribution in [0.2, 0.25) is 0 Å². The van der Waals surface area contributed by atoms with Gasteiger partial charge in [0.1, 0.15) is 6.33 Å². The molecule has 0 aliphatic carbocycles. The van der Waals surface area contributed by atoms with Crippen molar-refractivity contribution < 1.29 is 9.53 Å². The van der Waals surface area contributed by atoms with E-state index >= 15 is 0 Å². The number of amides is 1. The molecule has 0 fully saturated rings. The molecule has 0 spiro atoms. The summed E-state index contributed by atoms with van der Waals surface area (Å²) in [5.41, 5.74) is 8.08. The highest BCUT2D eigenvalue weighted by atomic mass is 16.6. The summed E-state index contributed by atoms with van der Waals surface area (Å²) >= 11 is 0. The van der Waals surface area contributed by atoms with Crippen LogP contribution < -0.4 is 10.5 Å². The molecule has 0 aliphatic heterocycles. The molecule has 2 N–H and O–H groups in total. The lowest BCUT2D eigenvalue weighted by Gasteiger charge is -2.24. The maximum Gasteiger partial charge on any atom is 0.411 e. The summed E-state index contributed by atoms with van der Waals surface area (Å²) in [4.78, 5) is 24.2. The second kappa shape index (κ2) is 5.88. The Bertz CT molecular complexity index is 911. The second-order valence-corrected chi connectivity index (χ2v) is 6.45.